The molecule has 24 heavy (non-hydrogen) atoms. The Hall–Kier alpha value is -2.24. The lowest BCUT2D eigenvalue weighted by Crippen LogP contribution is -2.27. The first kappa shape index (κ1) is 16.6. The fourth-order valence-corrected chi connectivity index (χ4v) is 3.42. The van der Waals surface area contributed by atoms with Crippen molar-refractivity contribution in [3.05, 3.63) is 69.1 Å². The number of carbonyl (C=O) groups is 2. The second-order valence-corrected chi connectivity index (χ2v) is 6.87. The van der Waals surface area contributed by atoms with E-state index in [1.54, 1.807) is 18.2 Å². The molecule has 1 N–H and O–H groups in total. The van der Waals surface area contributed by atoms with Gasteiger partial charge in [0.25, 0.3) is 11.1 Å². The van der Waals surface area contributed by atoms with E-state index in [1.165, 1.54) is 11.0 Å². The molecule has 0 spiro atoms. The summed E-state index contributed by atoms with van der Waals surface area (Å²) in [5, 5.41) is 9.34. The summed E-state index contributed by atoms with van der Waals surface area (Å²) in [5.74, 6) is -0.350. The lowest BCUT2D eigenvalue weighted by Gasteiger charge is -2.12. The first-order chi connectivity index (χ1) is 11.4. The summed E-state index contributed by atoms with van der Waals surface area (Å²) in [6.45, 7) is 2.21. The van der Waals surface area contributed by atoms with Gasteiger partial charge >= 0.3 is 0 Å². The van der Waals surface area contributed by atoms with Crippen LogP contribution in [0.1, 0.15) is 16.7 Å². The highest BCUT2D eigenvalue weighted by Gasteiger charge is 2.34. The Morgan fingerprint density at radius 2 is 2.00 bits per heavy atom. The predicted octanol–water partition coefficient (Wildman–Crippen LogP) is 4.59. The largest absolute Gasteiger partial charge is 0.506 e. The van der Waals surface area contributed by atoms with Crippen molar-refractivity contribution >= 4 is 40.6 Å². The van der Waals surface area contributed by atoms with Gasteiger partial charge in [-0.3, -0.25) is 14.5 Å². The number of nitrogens with zero attached hydrogens (tertiary/aromatic N) is 1. The van der Waals surface area contributed by atoms with E-state index in [0.29, 0.717) is 10.5 Å². The van der Waals surface area contributed by atoms with Gasteiger partial charge < -0.3 is 5.11 Å². The van der Waals surface area contributed by atoms with Crippen LogP contribution in [-0.4, -0.2) is 21.2 Å². The number of thioether (sulfide) groups is 1. The normalized spacial score (nSPS) is 16.2. The quantitative estimate of drug-likeness (QED) is 0.814. The molecule has 1 fully saturated rings. The zero-order chi connectivity index (χ0) is 17.3. The highest BCUT2D eigenvalue weighted by Crippen LogP contribution is 2.34. The molecule has 0 aromatic heterocycles. The minimum atomic E-state index is -0.323. The summed E-state index contributed by atoms with van der Waals surface area (Å²) in [6.07, 6.45) is 1.60. The van der Waals surface area contributed by atoms with Crippen molar-refractivity contribution < 1.29 is 14.7 Å². The molecular weight excluding hydrogens is 346 g/mol. The number of halogens is 1. The maximum absolute atomic E-state index is 12.5. The summed E-state index contributed by atoms with van der Waals surface area (Å²) >= 11 is 6.77. The van der Waals surface area contributed by atoms with Crippen molar-refractivity contribution in [1.82, 2.24) is 4.90 Å². The molecule has 2 aromatic rings. The number of amides is 2. The van der Waals surface area contributed by atoms with E-state index >= 15 is 0 Å². The molecule has 1 saturated heterocycles. The van der Waals surface area contributed by atoms with Gasteiger partial charge in [-0.15, -0.1) is 0 Å². The summed E-state index contributed by atoms with van der Waals surface area (Å²) in [5.41, 5.74) is 2.64. The van der Waals surface area contributed by atoms with E-state index in [-0.39, 0.29) is 28.5 Å². The maximum Gasteiger partial charge on any atom is 0.293 e. The van der Waals surface area contributed by atoms with E-state index in [2.05, 4.69) is 0 Å². The van der Waals surface area contributed by atoms with Gasteiger partial charge in [0, 0.05) is 0 Å². The van der Waals surface area contributed by atoms with E-state index in [1.807, 2.05) is 31.2 Å². The second-order valence-electron chi connectivity index (χ2n) is 5.47. The average molecular weight is 360 g/mol. The first-order valence-electron chi connectivity index (χ1n) is 7.23. The van der Waals surface area contributed by atoms with Crippen molar-refractivity contribution in [2.75, 3.05) is 0 Å². The lowest BCUT2D eigenvalue weighted by molar-refractivity contribution is -0.123. The van der Waals surface area contributed by atoms with Crippen molar-refractivity contribution in [2.45, 2.75) is 13.5 Å². The Bertz CT molecular complexity index is 863. The number of rotatable bonds is 3. The third-order valence-corrected chi connectivity index (χ3v) is 4.78. The third-order valence-electron chi connectivity index (χ3n) is 3.57. The van der Waals surface area contributed by atoms with Crippen LogP contribution in [0.2, 0.25) is 5.02 Å². The fourth-order valence-electron chi connectivity index (χ4n) is 2.39. The Morgan fingerprint density at radius 1 is 1.21 bits per heavy atom. The Morgan fingerprint density at radius 3 is 2.71 bits per heavy atom. The van der Waals surface area contributed by atoms with Gasteiger partial charge in [-0.05, 0) is 48.0 Å². The topological polar surface area (TPSA) is 57.6 Å². The summed E-state index contributed by atoms with van der Waals surface area (Å²) in [6, 6.07) is 12.3. The van der Waals surface area contributed by atoms with Crippen molar-refractivity contribution in [3.63, 3.8) is 0 Å². The molecule has 0 unspecified atom stereocenters. The summed E-state index contributed by atoms with van der Waals surface area (Å²) in [4.78, 5) is 26.2. The Balaban J connectivity index is 1.83. The predicted molar refractivity (Wildman–Crippen MR) is 95.8 cm³/mol. The Labute approximate surface area is 148 Å². The van der Waals surface area contributed by atoms with Crippen LogP contribution in [0.5, 0.6) is 5.75 Å². The van der Waals surface area contributed by atoms with Gasteiger partial charge in [-0.25, -0.2) is 0 Å². The maximum atomic E-state index is 12.5. The number of imide groups is 1. The first-order valence-corrected chi connectivity index (χ1v) is 8.43. The minimum absolute atomic E-state index is 0.0265. The molecule has 3 rings (SSSR count). The van der Waals surface area contributed by atoms with Crippen LogP contribution in [0.3, 0.4) is 0 Å². The van der Waals surface area contributed by atoms with Crippen LogP contribution in [0.4, 0.5) is 4.79 Å². The molecule has 0 saturated carbocycles. The van der Waals surface area contributed by atoms with Crippen LogP contribution < -0.4 is 0 Å². The molecule has 6 heteroatoms. The van der Waals surface area contributed by atoms with Crippen LogP contribution in [0.15, 0.2) is 47.4 Å². The van der Waals surface area contributed by atoms with Gasteiger partial charge in [-0.2, -0.15) is 0 Å². The van der Waals surface area contributed by atoms with Crippen LogP contribution in [0.25, 0.3) is 6.08 Å². The number of carbonyl (C=O) groups excluding carboxylic acids is 2. The molecule has 0 atom stereocenters. The standard InChI is InChI=1S/C18H14ClNO3S/c1-11-3-2-4-13(7-11)10-20-17(22)16(24-18(20)23)9-12-5-6-15(21)14(19)8-12/h2-9,21H,10H2,1H3/b16-9+. The van der Waals surface area contributed by atoms with Crippen LogP contribution in [0, 0.1) is 6.92 Å². The van der Waals surface area contributed by atoms with E-state index < -0.39 is 0 Å². The highest BCUT2D eigenvalue weighted by atomic mass is 35.5. The van der Waals surface area contributed by atoms with Gasteiger partial charge in [0.15, 0.2) is 0 Å². The SMILES string of the molecule is Cc1cccc(CN2C(=O)S/C(=C/c3ccc(O)c(Cl)c3)C2=O)c1. The van der Waals surface area contributed by atoms with Crippen molar-refractivity contribution in [1.29, 1.82) is 0 Å². The molecule has 2 amide bonds. The van der Waals surface area contributed by atoms with Crippen molar-refractivity contribution in [2.24, 2.45) is 0 Å². The molecule has 0 radical (unpaired) electrons. The molecule has 0 bridgehead atoms. The number of hydrogen-bond acceptors (Lipinski definition) is 4. The number of phenols is 1. The van der Waals surface area contributed by atoms with Crippen LogP contribution in [-0.2, 0) is 11.3 Å². The smallest absolute Gasteiger partial charge is 0.293 e. The molecule has 122 valence electrons. The van der Waals surface area contributed by atoms with E-state index in [4.69, 9.17) is 11.6 Å². The molecule has 1 aliphatic heterocycles. The fraction of sp³-hybridized carbons (Fsp3) is 0.111. The van der Waals surface area contributed by atoms with Gasteiger partial charge in [-0.1, -0.05) is 47.5 Å². The lowest BCUT2D eigenvalue weighted by atomic mass is 10.1. The van der Waals surface area contributed by atoms with E-state index in [0.717, 1.165) is 22.9 Å². The second kappa shape index (κ2) is 6.71. The third kappa shape index (κ3) is 3.47. The summed E-state index contributed by atoms with van der Waals surface area (Å²) in [7, 11) is 0. The molecule has 2 aromatic carbocycles. The van der Waals surface area contributed by atoms with Gasteiger partial charge in [0.1, 0.15) is 5.75 Å². The minimum Gasteiger partial charge on any atom is -0.506 e. The molecular formula is C18H14ClNO3S. The molecule has 4 nitrogen and oxygen atoms in total. The zero-order valence-corrected chi connectivity index (χ0v) is 14.4. The van der Waals surface area contributed by atoms with Crippen LogP contribution >= 0.6 is 23.4 Å². The number of hydrogen-bond donors (Lipinski definition) is 1. The monoisotopic (exact) mass is 359 g/mol. The number of aryl methyl sites for hydroxylation is 1. The molecule has 1 heterocycles. The highest BCUT2D eigenvalue weighted by molar-refractivity contribution is 8.18. The summed E-state index contributed by atoms with van der Waals surface area (Å²) < 4.78 is 0. The van der Waals surface area contributed by atoms with Gasteiger partial charge in [0.2, 0.25) is 0 Å². The van der Waals surface area contributed by atoms with Gasteiger partial charge in [0.05, 0.1) is 16.5 Å². The Kier molecular flexibility index (Phi) is 4.64. The number of benzene rings is 2. The number of phenolic OH excluding ortho intramolecular Hbond substituents is 1. The van der Waals surface area contributed by atoms with Crippen molar-refractivity contribution in [3.8, 4) is 5.75 Å². The average Bonchev–Trinajstić information content (AvgIpc) is 2.79. The number of aromatic hydroxyl groups is 1. The molecule has 1 aliphatic rings. The molecule has 0 aliphatic carbocycles. The van der Waals surface area contributed by atoms with E-state index in [9.17, 15) is 14.7 Å². The zero-order valence-electron chi connectivity index (χ0n) is 12.8.